The summed E-state index contributed by atoms with van der Waals surface area (Å²) in [6.07, 6.45) is 0.248. The fourth-order valence-corrected chi connectivity index (χ4v) is 3.16. The lowest BCUT2D eigenvalue weighted by Crippen LogP contribution is -2.38. The van der Waals surface area contributed by atoms with Crippen molar-refractivity contribution in [1.29, 1.82) is 0 Å². The van der Waals surface area contributed by atoms with Gasteiger partial charge in [0.1, 0.15) is 6.54 Å². The zero-order chi connectivity index (χ0) is 21.0. The summed E-state index contributed by atoms with van der Waals surface area (Å²) in [4.78, 5) is 38.5. The van der Waals surface area contributed by atoms with Crippen LogP contribution in [0.25, 0.3) is 0 Å². The minimum absolute atomic E-state index is 0.0564. The van der Waals surface area contributed by atoms with Crippen molar-refractivity contribution in [3.63, 3.8) is 0 Å². The van der Waals surface area contributed by atoms with Gasteiger partial charge >= 0.3 is 0 Å². The van der Waals surface area contributed by atoms with E-state index in [1.807, 2.05) is 19.1 Å². The van der Waals surface area contributed by atoms with Crippen LogP contribution in [0.5, 0.6) is 0 Å². The molecule has 150 valence electrons. The van der Waals surface area contributed by atoms with E-state index in [1.165, 1.54) is 9.91 Å². The van der Waals surface area contributed by atoms with Gasteiger partial charge in [-0.15, -0.1) is 0 Å². The number of anilines is 2. The predicted molar refractivity (Wildman–Crippen MR) is 115 cm³/mol. The van der Waals surface area contributed by atoms with Gasteiger partial charge in [0.15, 0.2) is 0 Å². The lowest BCUT2D eigenvalue weighted by atomic mass is 10.1. The molecule has 0 bridgehead atoms. The van der Waals surface area contributed by atoms with Crippen molar-refractivity contribution in [1.82, 2.24) is 10.3 Å². The third-order valence-electron chi connectivity index (χ3n) is 4.39. The molecule has 0 saturated carbocycles. The minimum Gasteiger partial charge on any atom is -0.330 e. The van der Waals surface area contributed by atoms with Crippen LogP contribution < -0.4 is 15.8 Å². The van der Waals surface area contributed by atoms with Gasteiger partial charge in [0.05, 0.1) is 12.1 Å². The van der Waals surface area contributed by atoms with Crippen LogP contribution in [0.2, 0.25) is 0 Å². The fraction of sp³-hybridized carbons (Fsp3) is 0.190. The van der Waals surface area contributed by atoms with Crippen LogP contribution in [0.4, 0.5) is 11.4 Å². The molecule has 0 spiro atoms. The molecule has 1 heterocycles. The van der Waals surface area contributed by atoms with Crippen molar-refractivity contribution in [3.8, 4) is 0 Å². The third kappa shape index (κ3) is 5.03. The maximum atomic E-state index is 12.8. The highest BCUT2D eigenvalue weighted by atomic mass is 79.9. The van der Waals surface area contributed by atoms with Crippen LogP contribution in [0.1, 0.15) is 23.7 Å². The molecule has 29 heavy (non-hydrogen) atoms. The molecule has 0 aliphatic carbocycles. The number of hydrazine groups is 1. The molecule has 0 aromatic heterocycles. The summed E-state index contributed by atoms with van der Waals surface area (Å²) < 4.78 is 0.916. The minimum atomic E-state index is -0.274. The Balaban J connectivity index is 1.64. The van der Waals surface area contributed by atoms with Gasteiger partial charge in [0.25, 0.3) is 11.8 Å². The zero-order valence-corrected chi connectivity index (χ0v) is 17.5. The lowest BCUT2D eigenvalue weighted by molar-refractivity contribution is -0.117. The van der Waals surface area contributed by atoms with E-state index in [1.54, 1.807) is 36.4 Å². The van der Waals surface area contributed by atoms with Crippen molar-refractivity contribution in [2.24, 2.45) is 0 Å². The second kappa shape index (κ2) is 8.91. The van der Waals surface area contributed by atoms with Crippen molar-refractivity contribution in [2.75, 3.05) is 23.4 Å². The molecule has 2 aromatic carbocycles. The van der Waals surface area contributed by atoms with Crippen molar-refractivity contribution in [3.05, 3.63) is 70.8 Å². The number of benzene rings is 2. The SMILES string of the molecule is C=C1CC(=O)N(c2ccc(C(=O)N(CC)CC(=O)Nc3ccc(Br)cc3)cc2)N1. The number of likely N-dealkylation sites (N-methyl/N-ethyl adjacent to an activating group) is 1. The molecule has 0 radical (unpaired) electrons. The maximum absolute atomic E-state index is 12.8. The second-order valence-electron chi connectivity index (χ2n) is 6.54. The molecule has 0 unspecified atom stereocenters. The number of amides is 3. The number of hydrogen-bond donors (Lipinski definition) is 2. The Kier molecular flexibility index (Phi) is 6.33. The van der Waals surface area contributed by atoms with E-state index in [-0.39, 0.29) is 30.7 Å². The molecule has 3 amide bonds. The average molecular weight is 457 g/mol. The van der Waals surface area contributed by atoms with Gasteiger partial charge in [0, 0.05) is 28.0 Å². The number of nitrogens with one attached hydrogen (secondary N) is 2. The van der Waals surface area contributed by atoms with Gasteiger partial charge in [0.2, 0.25) is 5.91 Å². The Labute approximate surface area is 177 Å². The highest BCUT2D eigenvalue weighted by Gasteiger charge is 2.25. The average Bonchev–Trinajstić information content (AvgIpc) is 3.05. The Morgan fingerprint density at radius 2 is 1.83 bits per heavy atom. The molecule has 7 nitrogen and oxygen atoms in total. The van der Waals surface area contributed by atoms with Crippen molar-refractivity contribution in [2.45, 2.75) is 13.3 Å². The molecule has 3 rings (SSSR count). The Bertz CT molecular complexity index is 941. The highest BCUT2D eigenvalue weighted by molar-refractivity contribution is 9.10. The van der Waals surface area contributed by atoms with E-state index < -0.39 is 0 Å². The third-order valence-corrected chi connectivity index (χ3v) is 4.92. The van der Waals surface area contributed by atoms with E-state index in [0.29, 0.717) is 29.2 Å². The largest absolute Gasteiger partial charge is 0.330 e. The first-order valence-electron chi connectivity index (χ1n) is 9.09. The molecule has 8 heteroatoms. The van der Waals surface area contributed by atoms with Gasteiger partial charge in [-0.2, -0.15) is 0 Å². The maximum Gasteiger partial charge on any atom is 0.254 e. The molecule has 1 aliphatic rings. The Hall–Kier alpha value is -3.13. The molecule has 1 aliphatic heterocycles. The normalized spacial score (nSPS) is 13.2. The second-order valence-corrected chi connectivity index (χ2v) is 7.46. The Morgan fingerprint density at radius 1 is 1.17 bits per heavy atom. The monoisotopic (exact) mass is 456 g/mol. The Morgan fingerprint density at radius 3 is 2.38 bits per heavy atom. The first-order valence-corrected chi connectivity index (χ1v) is 9.89. The standard InChI is InChI=1S/C21H21BrN4O3/c1-3-25(13-19(27)23-17-8-6-16(22)7-9-17)21(29)15-4-10-18(11-5-15)26-20(28)12-14(2)24-26/h4-11,24H,2-3,12-13H2,1H3,(H,23,27). The fourth-order valence-electron chi connectivity index (χ4n) is 2.90. The first kappa shape index (κ1) is 20.6. The number of carbonyl (C=O) groups is 3. The molecule has 0 atom stereocenters. The summed E-state index contributed by atoms with van der Waals surface area (Å²) in [5.74, 6) is -0.631. The topological polar surface area (TPSA) is 81.8 Å². The van der Waals surface area contributed by atoms with Gasteiger partial charge in [-0.05, 0) is 55.5 Å². The summed E-state index contributed by atoms with van der Waals surface area (Å²) in [6.45, 7) is 5.90. The number of halogens is 1. The van der Waals surface area contributed by atoms with Gasteiger partial charge < -0.3 is 10.2 Å². The molecule has 2 aromatic rings. The zero-order valence-electron chi connectivity index (χ0n) is 15.9. The van der Waals surface area contributed by atoms with Gasteiger partial charge in [-0.3, -0.25) is 19.8 Å². The van der Waals surface area contributed by atoms with E-state index in [0.717, 1.165) is 4.47 Å². The summed E-state index contributed by atoms with van der Waals surface area (Å²) in [6, 6.07) is 13.9. The predicted octanol–water partition coefficient (Wildman–Crippen LogP) is 3.30. The van der Waals surface area contributed by atoms with Crippen LogP contribution in [0, 0.1) is 0 Å². The van der Waals surface area contributed by atoms with Gasteiger partial charge in [-0.1, -0.05) is 22.5 Å². The molecule has 2 N–H and O–H groups in total. The van der Waals surface area contributed by atoms with E-state index in [2.05, 4.69) is 33.3 Å². The highest BCUT2D eigenvalue weighted by Crippen LogP contribution is 2.21. The molecule has 1 fully saturated rings. The molecule has 1 saturated heterocycles. The number of nitrogens with zero attached hydrogens (tertiary/aromatic N) is 2. The quantitative estimate of drug-likeness (QED) is 0.698. The van der Waals surface area contributed by atoms with Crippen LogP contribution in [0.15, 0.2) is 65.3 Å². The smallest absolute Gasteiger partial charge is 0.254 e. The van der Waals surface area contributed by atoms with Crippen LogP contribution >= 0.6 is 15.9 Å². The molecular weight excluding hydrogens is 436 g/mol. The first-order chi connectivity index (χ1) is 13.9. The van der Waals surface area contributed by atoms with Gasteiger partial charge in [-0.25, -0.2) is 5.01 Å². The van der Waals surface area contributed by atoms with E-state index >= 15 is 0 Å². The van der Waals surface area contributed by atoms with E-state index in [4.69, 9.17) is 0 Å². The van der Waals surface area contributed by atoms with Crippen molar-refractivity contribution < 1.29 is 14.4 Å². The van der Waals surface area contributed by atoms with Crippen LogP contribution in [0.3, 0.4) is 0 Å². The number of rotatable bonds is 6. The van der Waals surface area contributed by atoms with E-state index in [9.17, 15) is 14.4 Å². The summed E-state index contributed by atoms with van der Waals surface area (Å²) in [5.41, 5.74) is 5.25. The number of carbonyl (C=O) groups excluding carboxylic acids is 3. The summed E-state index contributed by atoms with van der Waals surface area (Å²) in [5, 5.41) is 4.18. The van der Waals surface area contributed by atoms with Crippen LogP contribution in [-0.2, 0) is 9.59 Å². The number of hydrogen-bond acceptors (Lipinski definition) is 4. The lowest BCUT2D eigenvalue weighted by Gasteiger charge is -2.21. The summed E-state index contributed by atoms with van der Waals surface area (Å²) >= 11 is 3.35. The van der Waals surface area contributed by atoms with Crippen molar-refractivity contribution >= 4 is 45.0 Å². The molecular formula is C21H21BrN4O3. The van der Waals surface area contributed by atoms with Crippen LogP contribution in [-0.4, -0.2) is 35.7 Å². The summed E-state index contributed by atoms with van der Waals surface area (Å²) in [7, 11) is 0.